The highest BCUT2D eigenvalue weighted by atomic mass is 16.3. The number of rotatable bonds is 6. The highest BCUT2D eigenvalue weighted by molar-refractivity contribution is 4.87. The van der Waals surface area contributed by atoms with Gasteiger partial charge in [-0.2, -0.15) is 0 Å². The van der Waals surface area contributed by atoms with Crippen LogP contribution in [0.5, 0.6) is 0 Å². The third-order valence-corrected chi connectivity index (χ3v) is 3.32. The molecule has 0 aromatic carbocycles. The maximum absolute atomic E-state index is 9.49. The van der Waals surface area contributed by atoms with E-state index in [2.05, 4.69) is 36.0 Å². The summed E-state index contributed by atoms with van der Waals surface area (Å²) < 4.78 is 0. The number of nitrogens with zero attached hydrogens (tertiary/aromatic N) is 2. The van der Waals surface area contributed by atoms with Gasteiger partial charge in [-0.25, -0.2) is 0 Å². The SMILES string of the molecule is CCCNC(C)(CO)CN1CCN(C)CC1. The second-order valence-corrected chi connectivity index (χ2v) is 5.22. The molecule has 4 nitrogen and oxygen atoms in total. The van der Waals surface area contributed by atoms with Gasteiger partial charge in [-0.3, -0.25) is 4.90 Å². The molecule has 2 N–H and O–H groups in total. The molecule has 16 heavy (non-hydrogen) atoms. The summed E-state index contributed by atoms with van der Waals surface area (Å²) in [4.78, 5) is 4.80. The fourth-order valence-corrected chi connectivity index (χ4v) is 2.09. The summed E-state index contributed by atoms with van der Waals surface area (Å²) >= 11 is 0. The van der Waals surface area contributed by atoms with Crippen LogP contribution in [0.4, 0.5) is 0 Å². The van der Waals surface area contributed by atoms with Gasteiger partial charge in [0.2, 0.25) is 0 Å². The molecule has 0 radical (unpaired) electrons. The Kier molecular flexibility index (Phi) is 5.69. The lowest BCUT2D eigenvalue weighted by molar-refractivity contribution is 0.0871. The standard InChI is InChI=1S/C12H27N3O/c1-4-5-13-12(2,11-16)10-15-8-6-14(3)7-9-15/h13,16H,4-11H2,1-3H3. The number of hydrogen-bond acceptors (Lipinski definition) is 4. The molecule has 0 amide bonds. The van der Waals surface area contributed by atoms with Crippen molar-refractivity contribution >= 4 is 0 Å². The predicted octanol–water partition coefficient (Wildman–Crippen LogP) is -0.0156. The first-order valence-corrected chi connectivity index (χ1v) is 6.36. The first kappa shape index (κ1) is 13.9. The largest absolute Gasteiger partial charge is 0.394 e. The summed E-state index contributed by atoms with van der Waals surface area (Å²) in [6, 6.07) is 0. The van der Waals surface area contributed by atoms with E-state index in [9.17, 15) is 5.11 Å². The second kappa shape index (κ2) is 6.55. The van der Waals surface area contributed by atoms with E-state index in [0.717, 1.165) is 45.7 Å². The molecule has 0 aromatic rings. The molecule has 96 valence electrons. The van der Waals surface area contributed by atoms with Gasteiger partial charge in [0.25, 0.3) is 0 Å². The highest BCUT2D eigenvalue weighted by Crippen LogP contribution is 2.08. The van der Waals surface area contributed by atoms with E-state index in [1.807, 2.05) is 0 Å². The van der Waals surface area contributed by atoms with Crippen LogP contribution < -0.4 is 5.32 Å². The van der Waals surface area contributed by atoms with Crippen LogP contribution in [0.25, 0.3) is 0 Å². The molecule has 1 aliphatic heterocycles. The molecule has 1 heterocycles. The minimum Gasteiger partial charge on any atom is -0.394 e. The van der Waals surface area contributed by atoms with Gasteiger partial charge in [0, 0.05) is 32.7 Å². The summed E-state index contributed by atoms with van der Waals surface area (Å²) in [5, 5.41) is 12.9. The van der Waals surface area contributed by atoms with Crippen molar-refractivity contribution in [2.75, 3.05) is 52.9 Å². The van der Waals surface area contributed by atoms with Crippen molar-refractivity contribution in [2.45, 2.75) is 25.8 Å². The van der Waals surface area contributed by atoms with E-state index in [-0.39, 0.29) is 12.1 Å². The van der Waals surface area contributed by atoms with Gasteiger partial charge in [-0.15, -0.1) is 0 Å². The van der Waals surface area contributed by atoms with Crippen molar-refractivity contribution < 1.29 is 5.11 Å². The van der Waals surface area contributed by atoms with Crippen LogP contribution >= 0.6 is 0 Å². The lowest BCUT2D eigenvalue weighted by Crippen LogP contribution is -2.57. The Labute approximate surface area is 99.6 Å². The monoisotopic (exact) mass is 229 g/mol. The first-order valence-electron chi connectivity index (χ1n) is 6.36. The normalized spacial score (nSPS) is 23.2. The van der Waals surface area contributed by atoms with Gasteiger partial charge in [0.15, 0.2) is 0 Å². The first-order chi connectivity index (χ1) is 7.59. The minimum atomic E-state index is -0.147. The molecule has 1 atom stereocenters. The number of piperazine rings is 1. The van der Waals surface area contributed by atoms with Crippen molar-refractivity contribution in [2.24, 2.45) is 0 Å². The van der Waals surface area contributed by atoms with Crippen molar-refractivity contribution in [3.05, 3.63) is 0 Å². The van der Waals surface area contributed by atoms with Gasteiger partial charge in [0.1, 0.15) is 0 Å². The Morgan fingerprint density at radius 3 is 2.38 bits per heavy atom. The summed E-state index contributed by atoms with van der Waals surface area (Å²) in [6.07, 6.45) is 1.11. The maximum Gasteiger partial charge on any atom is 0.0623 e. The zero-order chi connectivity index (χ0) is 12.0. The van der Waals surface area contributed by atoms with Gasteiger partial charge in [-0.05, 0) is 26.9 Å². The fraction of sp³-hybridized carbons (Fsp3) is 1.00. The smallest absolute Gasteiger partial charge is 0.0623 e. The summed E-state index contributed by atoms with van der Waals surface area (Å²) in [5.41, 5.74) is -0.147. The Bertz CT molecular complexity index is 193. The topological polar surface area (TPSA) is 38.7 Å². The van der Waals surface area contributed by atoms with Crippen LogP contribution in [-0.4, -0.2) is 73.4 Å². The molecule has 1 saturated heterocycles. The Balaban J connectivity index is 2.36. The van der Waals surface area contributed by atoms with E-state index in [4.69, 9.17) is 0 Å². The zero-order valence-corrected chi connectivity index (χ0v) is 11.0. The van der Waals surface area contributed by atoms with E-state index >= 15 is 0 Å². The molecule has 0 aliphatic carbocycles. The Morgan fingerprint density at radius 2 is 1.88 bits per heavy atom. The van der Waals surface area contributed by atoms with Gasteiger partial charge >= 0.3 is 0 Å². The lowest BCUT2D eigenvalue weighted by atomic mass is 10.0. The van der Waals surface area contributed by atoms with Gasteiger partial charge < -0.3 is 15.3 Å². The molecule has 4 heteroatoms. The summed E-state index contributed by atoms with van der Waals surface area (Å²) in [6.45, 7) is 10.9. The van der Waals surface area contributed by atoms with E-state index in [1.54, 1.807) is 0 Å². The third-order valence-electron chi connectivity index (χ3n) is 3.32. The Hall–Kier alpha value is -0.160. The van der Waals surface area contributed by atoms with Crippen molar-refractivity contribution in [3.8, 4) is 0 Å². The molecular formula is C12H27N3O. The maximum atomic E-state index is 9.49. The average molecular weight is 229 g/mol. The van der Waals surface area contributed by atoms with Crippen LogP contribution in [-0.2, 0) is 0 Å². The molecule has 1 rings (SSSR count). The molecule has 1 fully saturated rings. The van der Waals surface area contributed by atoms with E-state index in [0.29, 0.717) is 0 Å². The fourth-order valence-electron chi connectivity index (χ4n) is 2.09. The summed E-state index contributed by atoms with van der Waals surface area (Å²) in [7, 11) is 2.16. The average Bonchev–Trinajstić information content (AvgIpc) is 2.30. The second-order valence-electron chi connectivity index (χ2n) is 5.22. The molecular weight excluding hydrogens is 202 g/mol. The molecule has 0 aromatic heterocycles. The summed E-state index contributed by atoms with van der Waals surface area (Å²) in [5.74, 6) is 0. The van der Waals surface area contributed by atoms with Crippen molar-refractivity contribution in [3.63, 3.8) is 0 Å². The minimum absolute atomic E-state index is 0.147. The number of aliphatic hydroxyl groups is 1. The van der Waals surface area contributed by atoms with Crippen molar-refractivity contribution in [1.82, 2.24) is 15.1 Å². The Morgan fingerprint density at radius 1 is 1.25 bits per heavy atom. The van der Waals surface area contributed by atoms with E-state index < -0.39 is 0 Å². The number of aliphatic hydroxyl groups excluding tert-OH is 1. The van der Waals surface area contributed by atoms with Crippen LogP contribution in [0.2, 0.25) is 0 Å². The number of likely N-dealkylation sites (N-methyl/N-ethyl adjacent to an activating group) is 1. The van der Waals surface area contributed by atoms with Crippen molar-refractivity contribution in [1.29, 1.82) is 0 Å². The molecule has 1 unspecified atom stereocenters. The van der Waals surface area contributed by atoms with Crippen LogP contribution in [0, 0.1) is 0 Å². The number of hydrogen-bond donors (Lipinski definition) is 2. The molecule has 1 aliphatic rings. The van der Waals surface area contributed by atoms with Gasteiger partial charge in [0.05, 0.1) is 12.1 Å². The number of nitrogens with one attached hydrogen (secondary N) is 1. The van der Waals surface area contributed by atoms with Crippen LogP contribution in [0.1, 0.15) is 20.3 Å². The molecule has 0 saturated carbocycles. The van der Waals surface area contributed by atoms with Gasteiger partial charge in [-0.1, -0.05) is 6.92 Å². The van der Waals surface area contributed by atoms with Crippen LogP contribution in [0.15, 0.2) is 0 Å². The predicted molar refractivity (Wildman–Crippen MR) is 67.7 cm³/mol. The molecule has 0 bridgehead atoms. The zero-order valence-electron chi connectivity index (χ0n) is 11.0. The quantitative estimate of drug-likeness (QED) is 0.672. The lowest BCUT2D eigenvalue weighted by Gasteiger charge is -2.39. The third kappa shape index (κ3) is 4.37. The molecule has 0 spiro atoms. The van der Waals surface area contributed by atoms with E-state index in [1.165, 1.54) is 0 Å². The van der Waals surface area contributed by atoms with Crippen LogP contribution in [0.3, 0.4) is 0 Å². The highest BCUT2D eigenvalue weighted by Gasteiger charge is 2.26.